The van der Waals surface area contributed by atoms with Gasteiger partial charge in [0.25, 0.3) is 0 Å². The first-order valence-corrected chi connectivity index (χ1v) is 9.08. The maximum Gasteiger partial charge on any atom is 0.180 e. The summed E-state index contributed by atoms with van der Waals surface area (Å²) in [5, 5.41) is 19.4. The van der Waals surface area contributed by atoms with Gasteiger partial charge >= 0.3 is 0 Å². The second-order valence-electron chi connectivity index (χ2n) is 5.34. The molecule has 2 aromatic carbocycles. The first-order valence-electron chi connectivity index (χ1n) is 7.43. The third-order valence-electron chi connectivity index (χ3n) is 3.71. The molecule has 0 aliphatic heterocycles. The number of fused-ring (bicyclic) bond motifs is 1. The summed E-state index contributed by atoms with van der Waals surface area (Å²) >= 11 is 0. The molecule has 23 heavy (non-hydrogen) atoms. The predicted octanol–water partition coefficient (Wildman–Crippen LogP) is 0.482. The highest BCUT2D eigenvalue weighted by molar-refractivity contribution is 7.91. The Balaban J connectivity index is 2.27. The molecule has 2 rings (SSSR count). The fourth-order valence-corrected chi connectivity index (χ4v) is 4.03. The van der Waals surface area contributed by atoms with Crippen molar-refractivity contribution in [1.82, 2.24) is 4.90 Å². The maximum absolute atomic E-state index is 12.7. The van der Waals surface area contributed by atoms with Crippen molar-refractivity contribution in [3.05, 3.63) is 36.4 Å². The Morgan fingerprint density at radius 2 is 1.70 bits per heavy atom. The van der Waals surface area contributed by atoms with Gasteiger partial charge in [-0.05, 0) is 23.6 Å². The molecule has 0 amide bonds. The van der Waals surface area contributed by atoms with Crippen LogP contribution < -0.4 is 5.73 Å². The first kappa shape index (κ1) is 17.7. The van der Waals surface area contributed by atoms with Gasteiger partial charge in [-0.15, -0.1) is 0 Å². The highest BCUT2D eigenvalue weighted by Crippen LogP contribution is 2.26. The van der Waals surface area contributed by atoms with Gasteiger partial charge in [0.1, 0.15) is 0 Å². The summed E-state index contributed by atoms with van der Waals surface area (Å²) in [5.74, 6) is -0.0824. The molecule has 0 radical (unpaired) electrons. The van der Waals surface area contributed by atoms with Crippen LogP contribution in [0.25, 0.3) is 10.8 Å². The van der Waals surface area contributed by atoms with E-state index in [1.807, 2.05) is 6.07 Å². The van der Waals surface area contributed by atoms with Crippen LogP contribution in [0.15, 0.2) is 41.3 Å². The van der Waals surface area contributed by atoms with Crippen LogP contribution in [0.4, 0.5) is 5.69 Å². The molecule has 0 spiro atoms. The molecule has 0 saturated carbocycles. The smallest absolute Gasteiger partial charge is 0.180 e. The highest BCUT2D eigenvalue weighted by atomic mass is 32.2. The number of aliphatic hydroxyl groups is 2. The van der Waals surface area contributed by atoms with Gasteiger partial charge in [-0.1, -0.05) is 18.2 Å². The van der Waals surface area contributed by atoms with Crippen LogP contribution in [0.1, 0.15) is 0 Å². The highest BCUT2D eigenvalue weighted by Gasteiger charge is 2.19. The molecule has 0 saturated heterocycles. The predicted molar refractivity (Wildman–Crippen MR) is 91.0 cm³/mol. The van der Waals surface area contributed by atoms with Gasteiger partial charge in [-0.2, -0.15) is 0 Å². The molecule has 0 aliphatic rings. The molecule has 0 heterocycles. The van der Waals surface area contributed by atoms with Gasteiger partial charge in [0.15, 0.2) is 9.84 Å². The number of hydrogen-bond acceptors (Lipinski definition) is 6. The van der Waals surface area contributed by atoms with E-state index in [2.05, 4.69) is 0 Å². The molecule has 0 unspecified atom stereocenters. The van der Waals surface area contributed by atoms with E-state index in [0.29, 0.717) is 24.2 Å². The van der Waals surface area contributed by atoms with Crippen molar-refractivity contribution in [2.24, 2.45) is 0 Å². The van der Waals surface area contributed by atoms with Gasteiger partial charge < -0.3 is 15.9 Å². The van der Waals surface area contributed by atoms with E-state index in [4.69, 9.17) is 15.9 Å². The second-order valence-corrected chi connectivity index (χ2v) is 7.42. The molecule has 0 bridgehead atoms. The summed E-state index contributed by atoms with van der Waals surface area (Å²) in [4.78, 5) is 1.98. The number of nitrogens with two attached hydrogens (primary N) is 1. The number of nitrogen functional groups attached to an aromatic ring is 1. The summed E-state index contributed by atoms with van der Waals surface area (Å²) in [6.45, 7) is 0.759. The molecule has 0 fully saturated rings. The van der Waals surface area contributed by atoms with Crippen molar-refractivity contribution in [3.63, 3.8) is 0 Å². The van der Waals surface area contributed by atoms with Crippen molar-refractivity contribution >= 4 is 26.3 Å². The molecule has 6 nitrogen and oxygen atoms in total. The average Bonchev–Trinajstić information content (AvgIpc) is 2.52. The lowest BCUT2D eigenvalue weighted by molar-refractivity contribution is 0.167. The van der Waals surface area contributed by atoms with Crippen molar-refractivity contribution < 1.29 is 18.6 Å². The number of nitrogens with zero attached hydrogens (tertiary/aromatic N) is 1. The zero-order chi connectivity index (χ0) is 16.9. The number of hydrogen-bond donors (Lipinski definition) is 3. The molecular weight excluding hydrogens is 316 g/mol. The van der Waals surface area contributed by atoms with Crippen LogP contribution in [0.5, 0.6) is 0 Å². The van der Waals surface area contributed by atoms with E-state index < -0.39 is 9.84 Å². The van der Waals surface area contributed by atoms with E-state index in [0.717, 1.165) is 5.39 Å². The van der Waals surface area contributed by atoms with Gasteiger partial charge in [0.05, 0.1) is 23.9 Å². The fourth-order valence-electron chi connectivity index (χ4n) is 2.51. The monoisotopic (exact) mass is 338 g/mol. The minimum absolute atomic E-state index is 0.0785. The SMILES string of the molecule is Nc1ccc2cccc(S(=O)(=O)CCN(CCO)CCO)c2c1. The van der Waals surface area contributed by atoms with E-state index in [1.165, 1.54) is 0 Å². The molecular formula is C16H22N2O4S. The lowest BCUT2D eigenvalue weighted by Gasteiger charge is -2.20. The van der Waals surface area contributed by atoms with Crippen LogP contribution in [-0.2, 0) is 9.84 Å². The first-order chi connectivity index (χ1) is 11.0. The Bertz CT molecular complexity index is 756. The minimum Gasteiger partial charge on any atom is -0.399 e. The summed E-state index contributed by atoms with van der Waals surface area (Å²) in [5.41, 5.74) is 6.29. The van der Waals surface area contributed by atoms with E-state index in [1.54, 1.807) is 35.2 Å². The molecule has 0 aliphatic carbocycles. The number of anilines is 1. The minimum atomic E-state index is -3.50. The molecule has 4 N–H and O–H groups in total. The number of sulfone groups is 1. The molecule has 0 aromatic heterocycles. The van der Waals surface area contributed by atoms with E-state index in [9.17, 15) is 8.42 Å². The third kappa shape index (κ3) is 4.42. The molecule has 7 heteroatoms. The van der Waals surface area contributed by atoms with Crippen LogP contribution >= 0.6 is 0 Å². The fraction of sp³-hybridized carbons (Fsp3) is 0.375. The van der Waals surface area contributed by atoms with E-state index >= 15 is 0 Å². The van der Waals surface area contributed by atoms with Crippen LogP contribution in [0, 0.1) is 0 Å². The average molecular weight is 338 g/mol. The Labute approximate surface area is 136 Å². The molecule has 2 aromatic rings. The topological polar surface area (TPSA) is 104 Å². The number of aliphatic hydroxyl groups excluding tert-OH is 2. The van der Waals surface area contributed by atoms with E-state index in [-0.39, 0.29) is 30.4 Å². The maximum atomic E-state index is 12.7. The van der Waals surface area contributed by atoms with Crippen molar-refractivity contribution in [3.8, 4) is 0 Å². The lowest BCUT2D eigenvalue weighted by atomic mass is 10.1. The summed E-state index contributed by atoms with van der Waals surface area (Å²) in [6.07, 6.45) is 0. The Morgan fingerprint density at radius 3 is 2.35 bits per heavy atom. The molecule has 0 atom stereocenters. The third-order valence-corrected chi connectivity index (χ3v) is 5.46. The zero-order valence-corrected chi connectivity index (χ0v) is 13.7. The van der Waals surface area contributed by atoms with Gasteiger partial charge in [0.2, 0.25) is 0 Å². The van der Waals surface area contributed by atoms with Crippen LogP contribution in [0.2, 0.25) is 0 Å². The Kier molecular flexibility index (Phi) is 5.95. The Morgan fingerprint density at radius 1 is 1.00 bits per heavy atom. The van der Waals surface area contributed by atoms with Crippen LogP contribution in [-0.4, -0.2) is 62.1 Å². The van der Waals surface area contributed by atoms with Gasteiger partial charge in [0, 0.05) is 30.7 Å². The van der Waals surface area contributed by atoms with Crippen molar-refractivity contribution in [2.75, 3.05) is 44.3 Å². The number of benzene rings is 2. The van der Waals surface area contributed by atoms with Crippen molar-refractivity contribution in [2.45, 2.75) is 4.90 Å². The normalized spacial score (nSPS) is 12.1. The molecule has 126 valence electrons. The quantitative estimate of drug-likeness (QED) is 0.605. The second kappa shape index (κ2) is 7.74. The standard InChI is InChI=1S/C16H22N2O4S/c17-14-5-4-13-2-1-3-16(15(13)12-14)23(21,22)11-8-18(6-9-19)7-10-20/h1-5,12,19-20H,6-11,17H2. The largest absolute Gasteiger partial charge is 0.399 e. The van der Waals surface area contributed by atoms with Crippen molar-refractivity contribution in [1.29, 1.82) is 0 Å². The number of rotatable bonds is 8. The summed E-state index contributed by atoms with van der Waals surface area (Å²) < 4.78 is 25.4. The lowest BCUT2D eigenvalue weighted by Crippen LogP contribution is -2.34. The van der Waals surface area contributed by atoms with Gasteiger partial charge in [-0.25, -0.2) is 8.42 Å². The summed E-state index contributed by atoms with van der Waals surface area (Å²) in [7, 11) is -3.50. The summed E-state index contributed by atoms with van der Waals surface area (Å²) in [6, 6.07) is 10.3. The van der Waals surface area contributed by atoms with Crippen LogP contribution in [0.3, 0.4) is 0 Å². The Hall–Kier alpha value is -1.67. The zero-order valence-electron chi connectivity index (χ0n) is 12.9. The van der Waals surface area contributed by atoms with Gasteiger partial charge in [-0.3, -0.25) is 4.90 Å².